The van der Waals surface area contributed by atoms with E-state index in [-0.39, 0.29) is 11.9 Å². The largest absolute Gasteiger partial charge is 0.456 e. The molecule has 0 aliphatic carbocycles. The number of aromatic nitrogens is 1. The number of esters is 1. The van der Waals surface area contributed by atoms with Crippen LogP contribution in [-0.4, -0.2) is 22.0 Å². The fourth-order valence-electron chi connectivity index (χ4n) is 5.10. The first-order chi connectivity index (χ1) is 20.0. The maximum absolute atomic E-state index is 12.9. The van der Waals surface area contributed by atoms with E-state index in [9.17, 15) is 9.59 Å². The normalized spacial score (nSPS) is 11.5. The van der Waals surface area contributed by atoms with Crippen molar-refractivity contribution in [2.75, 3.05) is 0 Å². The molecule has 0 radical (unpaired) electrons. The summed E-state index contributed by atoms with van der Waals surface area (Å²) in [7, 11) is 0. The average Bonchev–Trinajstić information content (AvgIpc) is 3.20. The summed E-state index contributed by atoms with van der Waals surface area (Å²) in [6.45, 7) is 11.0. The molecule has 5 rings (SSSR count). The van der Waals surface area contributed by atoms with Crippen LogP contribution in [0.1, 0.15) is 63.9 Å². The zero-order valence-electron chi connectivity index (χ0n) is 24.6. The molecule has 4 aromatic carbocycles. The van der Waals surface area contributed by atoms with Crippen molar-refractivity contribution >= 4 is 38.7 Å². The molecular formula is C36H35BrN2O3. The van der Waals surface area contributed by atoms with Crippen molar-refractivity contribution in [2.24, 2.45) is 0 Å². The van der Waals surface area contributed by atoms with Crippen molar-refractivity contribution in [2.45, 2.75) is 53.3 Å². The van der Waals surface area contributed by atoms with Crippen molar-refractivity contribution in [3.05, 3.63) is 129 Å². The van der Waals surface area contributed by atoms with Gasteiger partial charge in [-0.3, -0.25) is 4.79 Å². The van der Waals surface area contributed by atoms with Crippen molar-refractivity contribution in [3.63, 3.8) is 0 Å². The number of nitrogens with zero attached hydrogens (tertiary/aromatic N) is 1. The maximum Gasteiger partial charge on any atom is 0.339 e. The lowest BCUT2D eigenvalue weighted by Crippen LogP contribution is -2.24. The minimum atomic E-state index is -0.561. The Labute approximate surface area is 255 Å². The SMILES string of the molecule is Cc1c(C)n(Cc2ccc(-c3ccccc3C(=O)OC(C)(C)C)cc2)c2ccc(C(=O)NCc3ccc(Br)cc3)cc12. The molecule has 6 heteroatoms. The van der Waals surface area contributed by atoms with E-state index in [2.05, 4.69) is 63.9 Å². The molecule has 0 spiro atoms. The lowest BCUT2D eigenvalue weighted by atomic mass is 9.98. The molecule has 0 unspecified atom stereocenters. The Bertz CT molecular complexity index is 1760. The van der Waals surface area contributed by atoms with Crippen LogP contribution >= 0.6 is 15.9 Å². The zero-order chi connectivity index (χ0) is 30.0. The highest BCUT2D eigenvalue weighted by Gasteiger charge is 2.21. The zero-order valence-corrected chi connectivity index (χ0v) is 26.2. The predicted molar refractivity (Wildman–Crippen MR) is 173 cm³/mol. The quantitative estimate of drug-likeness (QED) is 0.185. The van der Waals surface area contributed by atoms with Gasteiger partial charge in [-0.15, -0.1) is 0 Å². The fraction of sp³-hybridized carbons (Fsp3) is 0.222. The van der Waals surface area contributed by atoms with Gasteiger partial charge in [0.15, 0.2) is 0 Å². The Morgan fingerprint density at radius 3 is 2.21 bits per heavy atom. The molecule has 5 aromatic rings. The van der Waals surface area contributed by atoms with Crippen LogP contribution in [0.3, 0.4) is 0 Å². The minimum absolute atomic E-state index is 0.0909. The Hall–Kier alpha value is -4.16. The number of nitrogens with one attached hydrogen (secondary N) is 1. The van der Waals surface area contributed by atoms with E-state index in [1.807, 2.05) is 87.5 Å². The maximum atomic E-state index is 12.9. The molecule has 5 nitrogen and oxygen atoms in total. The highest BCUT2D eigenvalue weighted by Crippen LogP contribution is 2.29. The smallest absolute Gasteiger partial charge is 0.339 e. The van der Waals surface area contributed by atoms with E-state index < -0.39 is 5.60 Å². The Morgan fingerprint density at radius 2 is 1.52 bits per heavy atom. The van der Waals surface area contributed by atoms with Gasteiger partial charge < -0.3 is 14.6 Å². The van der Waals surface area contributed by atoms with Crippen molar-refractivity contribution in [1.82, 2.24) is 9.88 Å². The highest BCUT2D eigenvalue weighted by molar-refractivity contribution is 9.10. The number of ether oxygens (including phenoxy) is 1. The molecule has 1 N–H and O–H groups in total. The molecule has 1 heterocycles. The highest BCUT2D eigenvalue weighted by atomic mass is 79.9. The van der Waals surface area contributed by atoms with Gasteiger partial charge >= 0.3 is 5.97 Å². The fourth-order valence-corrected chi connectivity index (χ4v) is 5.36. The van der Waals surface area contributed by atoms with Gasteiger partial charge in [0, 0.05) is 39.7 Å². The molecule has 1 aromatic heterocycles. The van der Waals surface area contributed by atoms with Gasteiger partial charge in [-0.05, 0) is 98.8 Å². The lowest BCUT2D eigenvalue weighted by Gasteiger charge is -2.20. The van der Waals surface area contributed by atoms with Gasteiger partial charge in [-0.2, -0.15) is 0 Å². The first-order valence-corrected chi connectivity index (χ1v) is 14.8. The molecule has 0 aliphatic heterocycles. The monoisotopic (exact) mass is 622 g/mol. The third kappa shape index (κ3) is 6.50. The van der Waals surface area contributed by atoms with E-state index in [0.29, 0.717) is 24.2 Å². The Balaban J connectivity index is 1.35. The number of rotatable bonds is 7. The van der Waals surface area contributed by atoms with Gasteiger partial charge in [-0.1, -0.05) is 70.5 Å². The van der Waals surface area contributed by atoms with Gasteiger partial charge in [0.25, 0.3) is 5.91 Å². The molecule has 1 amide bonds. The average molecular weight is 624 g/mol. The third-order valence-electron chi connectivity index (χ3n) is 7.42. The third-order valence-corrected chi connectivity index (χ3v) is 7.95. The van der Waals surface area contributed by atoms with Crippen molar-refractivity contribution < 1.29 is 14.3 Å². The van der Waals surface area contributed by atoms with Crippen LogP contribution in [0.25, 0.3) is 22.0 Å². The molecule has 0 saturated carbocycles. The first-order valence-electron chi connectivity index (χ1n) is 14.0. The van der Waals surface area contributed by atoms with Crippen LogP contribution in [0, 0.1) is 13.8 Å². The van der Waals surface area contributed by atoms with Gasteiger partial charge in [0.1, 0.15) is 5.60 Å². The first kappa shape index (κ1) is 29.3. The molecule has 0 fully saturated rings. The van der Waals surface area contributed by atoms with Crippen LogP contribution < -0.4 is 5.32 Å². The van der Waals surface area contributed by atoms with E-state index in [0.717, 1.165) is 48.9 Å². The molecule has 0 bridgehead atoms. The number of hydrogen-bond donors (Lipinski definition) is 1. The van der Waals surface area contributed by atoms with Crippen molar-refractivity contribution in [1.29, 1.82) is 0 Å². The van der Waals surface area contributed by atoms with E-state index in [1.165, 1.54) is 0 Å². The number of carbonyl (C=O) groups excluding carboxylic acids is 2. The number of benzene rings is 4. The van der Waals surface area contributed by atoms with Crippen LogP contribution in [0.5, 0.6) is 0 Å². The van der Waals surface area contributed by atoms with Crippen LogP contribution in [-0.2, 0) is 17.8 Å². The molecule has 214 valence electrons. The summed E-state index contributed by atoms with van der Waals surface area (Å²) in [6.07, 6.45) is 0. The number of hydrogen-bond acceptors (Lipinski definition) is 3. The second-order valence-electron chi connectivity index (χ2n) is 11.6. The van der Waals surface area contributed by atoms with Gasteiger partial charge in [0.05, 0.1) is 5.56 Å². The second-order valence-corrected chi connectivity index (χ2v) is 12.5. The van der Waals surface area contributed by atoms with Gasteiger partial charge in [-0.25, -0.2) is 4.79 Å². The summed E-state index contributed by atoms with van der Waals surface area (Å²) in [5, 5.41) is 4.11. The molecular weight excluding hydrogens is 588 g/mol. The number of fused-ring (bicyclic) bond motifs is 1. The summed E-state index contributed by atoms with van der Waals surface area (Å²) in [4.78, 5) is 25.8. The van der Waals surface area contributed by atoms with E-state index in [4.69, 9.17) is 4.74 Å². The predicted octanol–water partition coefficient (Wildman–Crippen LogP) is 8.62. The summed E-state index contributed by atoms with van der Waals surface area (Å²) in [6, 6.07) is 29.7. The van der Waals surface area contributed by atoms with Crippen LogP contribution in [0.15, 0.2) is 95.5 Å². The number of aryl methyl sites for hydroxylation is 1. The van der Waals surface area contributed by atoms with E-state index in [1.54, 1.807) is 0 Å². The molecule has 42 heavy (non-hydrogen) atoms. The minimum Gasteiger partial charge on any atom is -0.456 e. The number of carbonyl (C=O) groups is 2. The topological polar surface area (TPSA) is 60.3 Å². The standard InChI is InChI=1S/C36H35BrN2O3/c1-23-24(2)39(33-19-16-28(20-32(23)33)34(40)38-21-25-12-17-29(37)18-13-25)22-26-10-14-27(15-11-26)30-8-6-7-9-31(30)35(41)42-36(3,4)5/h6-20H,21-22H2,1-5H3,(H,38,40). The van der Waals surface area contributed by atoms with Crippen LogP contribution in [0.4, 0.5) is 0 Å². The van der Waals surface area contributed by atoms with Gasteiger partial charge in [0.2, 0.25) is 0 Å². The molecule has 0 aliphatic rings. The summed E-state index contributed by atoms with van der Waals surface area (Å²) >= 11 is 3.44. The summed E-state index contributed by atoms with van der Waals surface area (Å²) < 4.78 is 8.94. The number of amides is 1. The Morgan fingerprint density at radius 1 is 0.857 bits per heavy atom. The second kappa shape index (κ2) is 12.0. The Kier molecular flexibility index (Phi) is 8.37. The van der Waals surface area contributed by atoms with Crippen LogP contribution in [0.2, 0.25) is 0 Å². The lowest BCUT2D eigenvalue weighted by molar-refractivity contribution is 0.00703. The number of halogens is 1. The van der Waals surface area contributed by atoms with Crippen molar-refractivity contribution in [3.8, 4) is 11.1 Å². The summed E-state index contributed by atoms with van der Waals surface area (Å²) in [5.41, 5.74) is 8.06. The summed E-state index contributed by atoms with van der Waals surface area (Å²) in [5.74, 6) is -0.416. The molecule has 0 atom stereocenters. The van der Waals surface area contributed by atoms with E-state index >= 15 is 0 Å². The molecule has 0 saturated heterocycles.